The molecule has 4 amide bonds. The van der Waals surface area contributed by atoms with E-state index in [9.17, 15) is 32.0 Å². The third-order valence-electron chi connectivity index (χ3n) is 12.8. The number of rotatable bonds is 7. The number of allylic oxidation sites excluding steroid dienone is 1. The summed E-state index contributed by atoms with van der Waals surface area (Å²) in [6.07, 6.45) is 9.39. The average molecular weight is 814 g/mol. The molecule has 1 saturated heterocycles. The number of hydrogen-bond acceptors (Lipinski definition) is 8. The Morgan fingerprint density at radius 3 is 2.60 bits per heavy atom. The van der Waals surface area contributed by atoms with Crippen molar-refractivity contribution in [3.05, 3.63) is 72.1 Å². The lowest BCUT2D eigenvalue weighted by atomic mass is 9.86. The number of fused-ring (bicyclic) bond motifs is 5. The van der Waals surface area contributed by atoms with Crippen molar-refractivity contribution in [2.75, 3.05) is 6.54 Å². The molecule has 3 fully saturated rings. The Balaban J connectivity index is 1.17. The molecular formula is C44H52FN5O7S. The maximum absolute atomic E-state index is 14.9. The summed E-state index contributed by atoms with van der Waals surface area (Å²) in [6.45, 7) is 5.34. The number of halogens is 1. The van der Waals surface area contributed by atoms with E-state index in [1.165, 1.54) is 17.0 Å². The summed E-state index contributed by atoms with van der Waals surface area (Å²) >= 11 is 0. The third-order valence-corrected chi connectivity index (χ3v) is 15.0. The molecule has 2 aromatic carbocycles. The predicted octanol–water partition coefficient (Wildman–Crippen LogP) is 5.63. The van der Waals surface area contributed by atoms with Gasteiger partial charge in [0, 0.05) is 47.2 Å². The molecule has 8 rings (SSSR count). The molecule has 1 aromatic heterocycles. The fraction of sp³-hybridized carbons (Fsp3) is 0.523. The molecule has 0 bridgehead atoms. The van der Waals surface area contributed by atoms with E-state index in [0.29, 0.717) is 62.0 Å². The quantitative estimate of drug-likeness (QED) is 0.259. The molecule has 308 valence electrons. The maximum Gasteiger partial charge on any atom is 0.259 e. The van der Waals surface area contributed by atoms with Crippen molar-refractivity contribution < 1.29 is 36.7 Å². The van der Waals surface area contributed by atoms with E-state index >= 15 is 0 Å². The van der Waals surface area contributed by atoms with Gasteiger partial charge in [0.25, 0.3) is 5.91 Å². The van der Waals surface area contributed by atoms with Gasteiger partial charge in [-0.2, -0.15) is 0 Å². The number of pyridine rings is 1. The molecule has 12 nitrogen and oxygen atoms in total. The van der Waals surface area contributed by atoms with Crippen molar-refractivity contribution >= 4 is 44.6 Å². The van der Waals surface area contributed by atoms with Crippen LogP contribution in [0.5, 0.6) is 5.75 Å². The summed E-state index contributed by atoms with van der Waals surface area (Å²) < 4.78 is 49.5. The third kappa shape index (κ3) is 7.59. The number of hydrogen-bond donors (Lipinski definition) is 3. The number of carbonyl (C=O) groups is 4. The maximum atomic E-state index is 14.9. The summed E-state index contributed by atoms with van der Waals surface area (Å²) in [5.74, 6) is -3.13. The van der Waals surface area contributed by atoms with Crippen LogP contribution in [0.15, 0.2) is 60.7 Å². The van der Waals surface area contributed by atoms with Crippen LogP contribution in [0.3, 0.4) is 0 Å². The molecule has 3 aliphatic heterocycles. The minimum Gasteiger partial charge on any atom is -0.483 e. The normalized spacial score (nSPS) is 28.6. The number of aromatic nitrogens is 1. The molecule has 4 heterocycles. The first kappa shape index (κ1) is 40.0. The average Bonchev–Trinajstić information content (AvgIpc) is 4.07. The van der Waals surface area contributed by atoms with Gasteiger partial charge < -0.3 is 20.3 Å². The lowest BCUT2D eigenvalue weighted by Crippen LogP contribution is -2.57. The molecule has 5 atom stereocenters. The van der Waals surface area contributed by atoms with Crippen molar-refractivity contribution in [3.8, 4) is 17.0 Å². The first-order valence-electron chi connectivity index (χ1n) is 20.6. The molecule has 1 spiro atoms. The van der Waals surface area contributed by atoms with Crippen LogP contribution in [-0.4, -0.2) is 76.4 Å². The summed E-state index contributed by atoms with van der Waals surface area (Å²) in [7, 11) is -4.01. The molecule has 14 heteroatoms. The van der Waals surface area contributed by atoms with Crippen molar-refractivity contribution in [2.45, 2.75) is 126 Å². The molecule has 3 aromatic rings. The Morgan fingerprint density at radius 2 is 1.84 bits per heavy atom. The van der Waals surface area contributed by atoms with Gasteiger partial charge in [0.05, 0.1) is 16.8 Å². The fourth-order valence-electron chi connectivity index (χ4n) is 9.05. The molecule has 2 saturated carbocycles. The Morgan fingerprint density at radius 1 is 1.05 bits per heavy atom. The van der Waals surface area contributed by atoms with Crippen LogP contribution in [0.2, 0.25) is 0 Å². The van der Waals surface area contributed by atoms with Crippen molar-refractivity contribution in [1.29, 1.82) is 0 Å². The molecule has 58 heavy (non-hydrogen) atoms. The summed E-state index contributed by atoms with van der Waals surface area (Å²) in [6, 6.07) is 12.6. The highest BCUT2D eigenvalue weighted by Crippen LogP contribution is 2.50. The topological polar surface area (TPSA) is 164 Å². The van der Waals surface area contributed by atoms with Gasteiger partial charge in [-0.25, -0.2) is 17.8 Å². The summed E-state index contributed by atoms with van der Waals surface area (Å²) in [5, 5.41) is 6.77. The van der Waals surface area contributed by atoms with Crippen LogP contribution >= 0.6 is 0 Å². The highest BCUT2D eigenvalue weighted by Gasteiger charge is 2.64. The second kappa shape index (κ2) is 15.1. The largest absolute Gasteiger partial charge is 0.483 e. The molecular weight excluding hydrogens is 762 g/mol. The zero-order chi connectivity index (χ0) is 41.0. The van der Waals surface area contributed by atoms with Crippen molar-refractivity contribution in [1.82, 2.24) is 25.2 Å². The Kier molecular flexibility index (Phi) is 10.4. The van der Waals surface area contributed by atoms with E-state index in [1.54, 1.807) is 19.1 Å². The van der Waals surface area contributed by atoms with E-state index in [0.717, 1.165) is 29.3 Å². The van der Waals surface area contributed by atoms with Crippen LogP contribution in [0.4, 0.5) is 4.39 Å². The van der Waals surface area contributed by atoms with Gasteiger partial charge >= 0.3 is 0 Å². The standard InChI is InChI=1S/C44H52FN5O7S/c1-27(2)46-36(51)23-29-12-7-5-4-6-8-14-30-24-44(30,41(54)49-58(55,56)42(3)20-21-42)48-39(52)35-25-43(26-50(35)40(29)53)19-18-33-32-16-9-10-17-34(32)47-37(38(33)57-43)28-13-11-15-31(45)22-28/h8-11,13-17,22,27,29-30,35H,4-7,12,18-21,23-26H2,1-3H3,(H,46,51)(H,48,52)(H,49,54)/b14-8-/t29-,30-,35+,43-,44-/m1/s1. The van der Waals surface area contributed by atoms with Gasteiger partial charge in [-0.15, -0.1) is 0 Å². The Bertz CT molecular complexity index is 2310. The highest BCUT2D eigenvalue weighted by atomic mass is 32.2. The smallest absolute Gasteiger partial charge is 0.259 e. The van der Waals surface area contributed by atoms with Crippen LogP contribution < -0.4 is 20.1 Å². The second-order valence-electron chi connectivity index (χ2n) is 17.6. The lowest BCUT2D eigenvalue weighted by Gasteiger charge is -2.37. The van der Waals surface area contributed by atoms with Gasteiger partial charge in [0.1, 0.15) is 34.4 Å². The first-order chi connectivity index (χ1) is 27.6. The highest BCUT2D eigenvalue weighted by molar-refractivity contribution is 7.91. The zero-order valence-electron chi connectivity index (χ0n) is 33.3. The zero-order valence-corrected chi connectivity index (χ0v) is 34.1. The van der Waals surface area contributed by atoms with Crippen LogP contribution in [0.1, 0.15) is 97.0 Å². The number of ether oxygens (including phenoxy) is 1. The van der Waals surface area contributed by atoms with Crippen molar-refractivity contribution in [2.24, 2.45) is 11.8 Å². The van der Waals surface area contributed by atoms with E-state index in [2.05, 4.69) is 15.4 Å². The molecule has 2 aliphatic carbocycles. The van der Waals surface area contributed by atoms with Crippen LogP contribution in [0.25, 0.3) is 22.2 Å². The van der Waals surface area contributed by atoms with Gasteiger partial charge in [-0.1, -0.05) is 55.3 Å². The summed E-state index contributed by atoms with van der Waals surface area (Å²) in [5.41, 5.74) is -0.00832. The second-order valence-corrected chi connectivity index (χ2v) is 19.8. The van der Waals surface area contributed by atoms with E-state index < -0.39 is 61.4 Å². The predicted molar refractivity (Wildman–Crippen MR) is 216 cm³/mol. The Hall–Kier alpha value is -4.85. The number of sulfonamides is 1. The van der Waals surface area contributed by atoms with Crippen LogP contribution in [0, 0.1) is 17.7 Å². The molecule has 0 radical (unpaired) electrons. The monoisotopic (exact) mass is 813 g/mol. The van der Waals surface area contributed by atoms with Gasteiger partial charge in [-0.3, -0.25) is 23.9 Å². The fourth-order valence-corrected chi connectivity index (χ4v) is 10.4. The number of carbonyl (C=O) groups excluding carboxylic acids is 4. The number of nitrogens with zero attached hydrogens (tertiary/aromatic N) is 2. The molecule has 0 unspecified atom stereocenters. The van der Waals surface area contributed by atoms with E-state index in [4.69, 9.17) is 9.72 Å². The van der Waals surface area contributed by atoms with E-state index in [1.807, 2.05) is 50.3 Å². The Labute approximate surface area is 338 Å². The van der Waals surface area contributed by atoms with Crippen LogP contribution in [-0.2, 0) is 35.6 Å². The minimum absolute atomic E-state index is 0.0241. The van der Waals surface area contributed by atoms with Gasteiger partial charge in [0.15, 0.2) is 0 Å². The number of para-hydroxylation sites is 1. The number of benzene rings is 2. The number of amides is 4. The number of nitrogens with one attached hydrogen (secondary N) is 3. The van der Waals surface area contributed by atoms with Gasteiger partial charge in [-0.05, 0) is 90.3 Å². The lowest BCUT2D eigenvalue weighted by molar-refractivity contribution is -0.144. The van der Waals surface area contributed by atoms with E-state index in [-0.39, 0.29) is 43.7 Å². The SMILES string of the molecule is CC(C)NC(=O)C[C@H]1CCCCC/C=C\[C@@H]2C[C@@]2(C(=O)NS(=O)(=O)C2(C)CC2)NC(=O)[C@@H]2C[C@]3(CCc4c(c(-c5cccc(F)c5)nc5ccccc45)O3)CN2C1=O. The molecule has 3 N–H and O–H groups in total. The van der Waals surface area contributed by atoms with Crippen molar-refractivity contribution in [3.63, 3.8) is 0 Å². The van der Waals surface area contributed by atoms with Gasteiger partial charge in [0.2, 0.25) is 27.7 Å². The minimum atomic E-state index is -4.01. The number of aryl methyl sites for hydroxylation is 1. The summed E-state index contributed by atoms with van der Waals surface area (Å²) in [4.78, 5) is 63.4. The molecule has 5 aliphatic rings. The first-order valence-corrected chi connectivity index (χ1v) is 22.1.